The van der Waals surface area contributed by atoms with Crippen molar-refractivity contribution < 1.29 is 33.8 Å². The van der Waals surface area contributed by atoms with Gasteiger partial charge in [-0.15, -0.1) is 0 Å². The van der Waals surface area contributed by atoms with Crippen LogP contribution in [0.1, 0.15) is 56.6 Å². The molecule has 1 aliphatic carbocycles. The van der Waals surface area contributed by atoms with Gasteiger partial charge in [0.2, 0.25) is 11.8 Å². The third-order valence-electron chi connectivity index (χ3n) is 10.7. The van der Waals surface area contributed by atoms with Gasteiger partial charge in [-0.2, -0.15) is 0 Å². The molecule has 3 saturated heterocycles. The van der Waals surface area contributed by atoms with E-state index in [9.17, 15) is 19.7 Å². The van der Waals surface area contributed by atoms with E-state index < -0.39 is 19.0 Å². The van der Waals surface area contributed by atoms with Crippen LogP contribution in [0.25, 0.3) is 6.08 Å². The number of halogens is 1. The van der Waals surface area contributed by atoms with Crippen LogP contribution in [0, 0.1) is 21.3 Å². The first-order valence-corrected chi connectivity index (χ1v) is 18.2. The maximum atomic E-state index is 14.3. The van der Waals surface area contributed by atoms with Crippen molar-refractivity contribution >= 4 is 47.6 Å². The van der Waals surface area contributed by atoms with Gasteiger partial charge in [0.15, 0.2) is 11.5 Å². The number of carbonyl (C=O) groups is 2. The molecule has 2 aromatic carbocycles. The maximum Gasteiger partial charge on any atom is 0.455 e. The van der Waals surface area contributed by atoms with Crippen molar-refractivity contribution in [3.05, 3.63) is 73.9 Å². The molecule has 9 nitrogen and oxygen atoms in total. The summed E-state index contributed by atoms with van der Waals surface area (Å²) in [6.45, 7) is 5.02. The number of imide groups is 1. The van der Waals surface area contributed by atoms with Crippen LogP contribution in [0.2, 0.25) is 6.32 Å². The predicted octanol–water partition coefficient (Wildman–Crippen LogP) is 5.69. The average molecular weight is 768 g/mol. The second-order valence-corrected chi connectivity index (χ2v) is 14.7. The highest BCUT2D eigenvalue weighted by molar-refractivity contribution is 14.1. The van der Waals surface area contributed by atoms with Gasteiger partial charge in [0.05, 0.1) is 35.2 Å². The highest BCUT2D eigenvalue weighted by Gasteiger charge is 2.58. The van der Waals surface area contributed by atoms with Crippen molar-refractivity contribution in [3.63, 3.8) is 0 Å². The van der Waals surface area contributed by atoms with Crippen molar-refractivity contribution in [2.75, 3.05) is 33.9 Å². The van der Waals surface area contributed by atoms with Crippen LogP contribution in [0.5, 0.6) is 11.5 Å². The Hall–Kier alpha value is -2.71. The Balaban J connectivity index is 1.19. The van der Waals surface area contributed by atoms with Crippen LogP contribution in [-0.4, -0.2) is 84.9 Å². The lowest BCUT2D eigenvalue weighted by molar-refractivity contribution is -0.144. The van der Waals surface area contributed by atoms with Gasteiger partial charge in [0.25, 0.3) is 0 Å². The number of phenols is 1. The molecule has 4 aliphatic rings. The monoisotopic (exact) mass is 768 g/mol. The van der Waals surface area contributed by atoms with Crippen LogP contribution in [0.3, 0.4) is 0 Å². The number of nitrogens with zero attached hydrogens (tertiary/aromatic N) is 2. The van der Waals surface area contributed by atoms with Gasteiger partial charge in [-0.3, -0.25) is 19.4 Å². The van der Waals surface area contributed by atoms with Crippen molar-refractivity contribution in [2.45, 2.75) is 70.5 Å². The Kier molecular flexibility index (Phi) is 11.3. The highest BCUT2D eigenvalue weighted by atomic mass is 127. The molecule has 4 atom stereocenters. The molecule has 11 heteroatoms. The number of aromatic hydroxyl groups is 1. The van der Waals surface area contributed by atoms with E-state index in [-0.39, 0.29) is 35.6 Å². The molecular weight excluding hydrogens is 722 g/mol. The first-order chi connectivity index (χ1) is 23.2. The van der Waals surface area contributed by atoms with Gasteiger partial charge in [0, 0.05) is 32.8 Å². The first-order valence-electron chi connectivity index (χ1n) is 17.2. The third-order valence-corrected chi connectivity index (χ3v) is 11.5. The fourth-order valence-electron chi connectivity index (χ4n) is 8.37. The lowest BCUT2D eigenvalue weighted by Gasteiger charge is -2.43. The van der Waals surface area contributed by atoms with Crippen molar-refractivity contribution in [3.8, 4) is 11.5 Å². The van der Waals surface area contributed by atoms with Gasteiger partial charge < -0.3 is 24.3 Å². The molecule has 3 aliphatic heterocycles. The highest BCUT2D eigenvalue weighted by Crippen LogP contribution is 2.51. The van der Waals surface area contributed by atoms with E-state index in [0.29, 0.717) is 35.1 Å². The van der Waals surface area contributed by atoms with Crippen molar-refractivity contribution in [2.24, 2.45) is 17.8 Å². The molecule has 0 bridgehead atoms. The summed E-state index contributed by atoms with van der Waals surface area (Å²) in [4.78, 5) is 32.3. The summed E-state index contributed by atoms with van der Waals surface area (Å²) in [5, 5.41) is 21.3. The number of ether oxygens (including phenoxy) is 2. The van der Waals surface area contributed by atoms with E-state index in [1.54, 1.807) is 19.1 Å². The second-order valence-electron chi connectivity index (χ2n) is 13.5. The normalized spacial score (nSPS) is 25.5. The van der Waals surface area contributed by atoms with Crippen LogP contribution in [0.15, 0.2) is 59.2 Å². The van der Waals surface area contributed by atoms with Gasteiger partial charge in [0.1, 0.15) is 0 Å². The van der Waals surface area contributed by atoms with Gasteiger partial charge >= 0.3 is 7.12 Å². The number of hydrogen-bond acceptors (Lipinski definition) is 8. The number of fused-ring (bicyclic) bond motifs is 3. The third kappa shape index (κ3) is 7.26. The molecule has 0 spiro atoms. The SMILES string of the molecule is CC/C(=C\c1cc(I)c(O)c(OC)c1)CC[C@H]1OB(O)C[C@H]2C1=C(COC)C[C@H]1C(=O)N(C3CCN(Cc4ccccc4)CC3)C(=O)[C@H]12. The molecule has 0 unspecified atom stereocenters. The number of hydrogen-bond donors (Lipinski definition) is 2. The van der Waals surface area contributed by atoms with Gasteiger partial charge in [-0.05, 0) is 108 Å². The average Bonchev–Trinajstić information content (AvgIpc) is 3.33. The Bertz CT molecular complexity index is 1560. The van der Waals surface area contributed by atoms with Gasteiger partial charge in [-0.25, -0.2) is 0 Å². The number of likely N-dealkylation sites (tertiary alicyclic amines) is 2. The van der Waals surface area contributed by atoms with Crippen LogP contribution < -0.4 is 4.74 Å². The molecule has 2 aromatic rings. The molecule has 2 amide bonds. The Morgan fingerprint density at radius 1 is 1.10 bits per heavy atom. The number of rotatable bonds is 11. The number of phenolic OH excluding ortho intramolecular Hbond substituents is 1. The number of methoxy groups -OCH3 is 2. The summed E-state index contributed by atoms with van der Waals surface area (Å²) in [5.41, 5.74) is 5.47. The van der Waals surface area contributed by atoms with E-state index >= 15 is 0 Å². The summed E-state index contributed by atoms with van der Waals surface area (Å²) in [5.74, 6) is -0.760. The van der Waals surface area contributed by atoms with E-state index in [4.69, 9.17) is 14.1 Å². The van der Waals surface area contributed by atoms with E-state index in [2.05, 4.69) is 64.8 Å². The van der Waals surface area contributed by atoms with Gasteiger partial charge in [-0.1, -0.05) is 48.9 Å². The smallest absolute Gasteiger partial charge is 0.455 e. The molecule has 0 radical (unpaired) electrons. The minimum Gasteiger partial charge on any atom is -0.504 e. The number of piperidine rings is 1. The topological polar surface area (TPSA) is 109 Å². The lowest BCUT2D eigenvalue weighted by Crippen LogP contribution is -2.48. The standard InChI is InChI=1S/C37H46BIN2O7/c1-4-23(16-25-17-30(39)35(42)32(18-25)47-3)10-11-31-33-26(22-46-2)19-28-34(29(33)20-38(45)48-31)37(44)41(36(28)43)27-12-14-40(15-13-27)21-24-8-6-5-7-9-24/h5-9,16-18,27-29,31,34,42,45H,4,10-15,19-22H2,1-3H3/b23-16+/t28-,29+,31-,34-/m1/s1. The zero-order chi connectivity index (χ0) is 33.9. The minimum absolute atomic E-state index is 0.0631. The zero-order valence-electron chi connectivity index (χ0n) is 28.1. The van der Waals surface area contributed by atoms with E-state index in [1.807, 2.05) is 18.2 Å². The summed E-state index contributed by atoms with van der Waals surface area (Å²) in [6, 6.07) is 14.0. The summed E-state index contributed by atoms with van der Waals surface area (Å²) >= 11 is 2.10. The molecule has 48 heavy (non-hydrogen) atoms. The molecule has 0 aromatic heterocycles. The minimum atomic E-state index is -1.01. The molecule has 6 rings (SSSR count). The van der Waals surface area contributed by atoms with Crippen LogP contribution in [-0.2, 0) is 25.5 Å². The molecule has 256 valence electrons. The van der Waals surface area contributed by atoms with Crippen molar-refractivity contribution in [1.82, 2.24) is 9.80 Å². The summed E-state index contributed by atoms with van der Waals surface area (Å²) < 4.78 is 17.9. The molecule has 3 heterocycles. The van der Waals surface area contributed by atoms with Crippen molar-refractivity contribution in [1.29, 1.82) is 0 Å². The van der Waals surface area contributed by atoms with E-state index in [0.717, 1.165) is 62.0 Å². The Morgan fingerprint density at radius 3 is 2.54 bits per heavy atom. The lowest BCUT2D eigenvalue weighted by atomic mass is 9.58. The Labute approximate surface area is 297 Å². The Morgan fingerprint density at radius 2 is 1.85 bits per heavy atom. The number of benzene rings is 2. The number of carbonyl (C=O) groups excluding carboxylic acids is 2. The largest absolute Gasteiger partial charge is 0.504 e. The maximum absolute atomic E-state index is 14.3. The quantitative estimate of drug-likeness (QED) is 0.130. The van der Waals surface area contributed by atoms with Crippen LogP contribution in [0.4, 0.5) is 0 Å². The summed E-state index contributed by atoms with van der Waals surface area (Å²) in [7, 11) is 2.19. The number of allylic oxidation sites excluding steroid dienone is 1. The molecular formula is C37H46BIN2O7. The fraction of sp³-hybridized carbons (Fsp3) is 0.514. The molecule has 3 fully saturated rings. The summed E-state index contributed by atoms with van der Waals surface area (Å²) in [6.07, 6.45) is 6.22. The fourth-order valence-corrected chi connectivity index (χ4v) is 8.99. The zero-order valence-corrected chi connectivity index (χ0v) is 30.2. The molecule has 0 saturated carbocycles. The predicted molar refractivity (Wildman–Crippen MR) is 193 cm³/mol. The first kappa shape index (κ1) is 35.1. The number of amides is 2. The second kappa shape index (κ2) is 15.5. The molecule has 2 N–H and O–H groups in total. The van der Waals surface area contributed by atoms with Crippen LogP contribution >= 0.6 is 22.6 Å². The van der Waals surface area contributed by atoms with E-state index in [1.165, 1.54) is 11.1 Å².